The minimum absolute atomic E-state index is 0.292. The van der Waals surface area contributed by atoms with Crippen LogP contribution in [0, 0.1) is 11.3 Å². The molecule has 1 heterocycles. The van der Waals surface area contributed by atoms with E-state index < -0.39 is 0 Å². The van der Waals surface area contributed by atoms with Gasteiger partial charge in [-0.1, -0.05) is 18.2 Å². The summed E-state index contributed by atoms with van der Waals surface area (Å²) in [7, 11) is 0. The molecule has 0 bridgehead atoms. The summed E-state index contributed by atoms with van der Waals surface area (Å²) in [5, 5.41) is 13.5. The number of para-hydroxylation sites is 1. The maximum Gasteiger partial charge on any atom is 0.144 e. The lowest BCUT2D eigenvalue weighted by Gasteiger charge is -2.14. The summed E-state index contributed by atoms with van der Waals surface area (Å²) >= 11 is 1.77. The molecule has 1 atom stereocenters. The molecule has 0 fully saturated rings. The topological polar surface area (TPSA) is 48.7 Å². The van der Waals surface area contributed by atoms with Gasteiger partial charge < -0.3 is 5.32 Å². The SMILES string of the molecule is CSCC(C)Nc1nc2ccccc2cc1C#N. The third-order valence-electron chi connectivity index (χ3n) is 2.64. The molecule has 0 saturated carbocycles. The lowest BCUT2D eigenvalue weighted by atomic mass is 10.1. The minimum Gasteiger partial charge on any atom is -0.366 e. The quantitative estimate of drug-likeness (QED) is 0.913. The zero-order chi connectivity index (χ0) is 13.0. The second-order valence-electron chi connectivity index (χ2n) is 4.19. The minimum atomic E-state index is 0.292. The first kappa shape index (κ1) is 12.7. The first-order valence-electron chi connectivity index (χ1n) is 5.80. The van der Waals surface area contributed by atoms with Gasteiger partial charge in [0.1, 0.15) is 11.9 Å². The number of nitrogens with one attached hydrogen (secondary N) is 1. The summed E-state index contributed by atoms with van der Waals surface area (Å²) in [6, 6.07) is 12.2. The third-order valence-corrected chi connectivity index (χ3v) is 3.48. The fourth-order valence-electron chi connectivity index (χ4n) is 1.84. The predicted octanol–water partition coefficient (Wildman–Crippen LogP) is 3.27. The predicted molar refractivity (Wildman–Crippen MR) is 77.9 cm³/mol. The molecule has 0 saturated heterocycles. The van der Waals surface area contributed by atoms with E-state index >= 15 is 0 Å². The summed E-state index contributed by atoms with van der Waals surface area (Å²) in [4.78, 5) is 4.53. The second-order valence-corrected chi connectivity index (χ2v) is 5.10. The lowest BCUT2D eigenvalue weighted by molar-refractivity contribution is 0.904. The van der Waals surface area contributed by atoms with Gasteiger partial charge in [0.2, 0.25) is 0 Å². The van der Waals surface area contributed by atoms with Gasteiger partial charge in [-0.2, -0.15) is 17.0 Å². The number of hydrogen-bond donors (Lipinski definition) is 1. The van der Waals surface area contributed by atoms with Gasteiger partial charge in [0, 0.05) is 17.2 Å². The standard InChI is InChI=1S/C14H15N3S/c1-10(9-18-2)16-14-12(8-15)7-11-5-3-4-6-13(11)17-14/h3-7,10H,9H2,1-2H3,(H,16,17). The number of thioether (sulfide) groups is 1. The molecule has 0 aliphatic carbocycles. The van der Waals surface area contributed by atoms with Crippen LogP contribution in [0.15, 0.2) is 30.3 Å². The monoisotopic (exact) mass is 257 g/mol. The Morgan fingerprint density at radius 1 is 1.44 bits per heavy atom. The van der Waals surface area contributed by atoms with E-state index in [1.807, 2.05) is 30.3 Å². The Morgan fingerprint density at radius 3 is 2.94 bits per heavy atom. The van der Waals surface area contributed by atoms with Crippen molar-refractivity contribution in [3.8, 4) is 6.07 Å². The highest BCUT2D eigenvalue weighted by molar-refractivity contribution is 7.98. The van der Waals surface area contributed by atoms with E-state index in [4.69, 9.17) is 0 Å². The first-order valence-corrected chi connectivity index (χ1v) is 7.19. The van der Waals surface area contributed by atoms with Crippen LogP contribution in [-0.4, -0.2) is 23.0 Å². The average Bonchev–Trinajstić information content (AvgIpc) is 2.38. The highest BCUT2D eigenvalue weighted by atomic mass is 32.2. The van der Waals surface area contributed by atoms with Gasteiger partial charge in [-0.25, -0.2) is 4.98 Å². The van der Waals surface area contributed by atoms with Crippen molar-refractivity contribution in [2.24, 2.45) is 0 Å². The van der Waals surface area contributed by atoms with E-state index in [2.05, 4.69) is 29.5 Å². The molecule has 0 spiro atoms. The number of rotatable bonds is 4. The Labute approximate surface area is 111 Å². The number of hydrogen-bond acceptors (Lipinski definition) is 4. The largest absolute Gasteiger partial charge is 0.366 e. The van der Waals surface area contributed by atoms with Crippen LogP contribution in [0.4, 0.5) is 5.82 Å². The average molecular weight is 257 g/mol. The van der Waals surface area contributed by atoms with E-state index in [0.29, 0.717) is 17.4 Å². The molecule has 18 heavy (non-hydrogen) atoms. The fraction of sp³-hybridized carbons (Fsp3) is 0.286. The highest BCUT2D eigenvalue weighted by Crippen LogP contribution is 2.20. The third kappa shape index (κ3) is 2.74. The number of fused-ring (bicyclic) bond motifs is 1. The van der Waals surface area contributed by atoms with Crippen LogP contribution in [0.5, 0.6) is 0 Å². The first-order chi connectivity index (χ1) is 8.74. The van der Waals surface area contributed by atoms with Gasteiger partial charge in [0.15, 0.2) is 0 Å². The van der Waals surface area contributed by atoms with Gasteiger partial charge in [-0.05, 0) is 25.3 Å². The Kier molecular flexibility index (Phi) is 4.06. The normalized spacial score (nSPS) is 12.1. The molecule has 3 nitrogen and oxygen atoms in total. The van der Waals surface area contributed by atoms with Crippen molar-refractivity contribution in [2.45, 2.75) is 13.0 Å². The van der Waals surface area contributed by atoms with Crippen LogP contribution >= 0.6 is 11.8 Å². The van der Waals surface area contributed by atoms with Gasteiger partial charge in [0.25, 0.3) is 0 Å². The van der Waals surface area contributed by atoms with Gasteiger partial charge in [-0.15, -0.1) is 0 Å². The van der Waals surface area contributed by atoms with Crippen molar-refractivity contribution < 1.29 is 0 Å². The van der Waals surface area contributed by atoms with E-state index in [1.165, 1.54) is 0 Å². The molecule has 0 amide bonds. The molecular weight excluding hydrogens is 242 g/mol. The molecule has 1 unspecified atom stereocenters. The van der Waals surface area contributed by atoms with Crippen molar-refractivity contribution in [1.82, 2.24) is 4.98 Å². The lowest BCUT2D eigenvalue weighted by Crippen LogP contribution is -2.19. The van der Waals surface area contributed by atoms with E-state index in [9.17, 15) is 5.26 Å². The Morgan fingerprint density at radius 2 is 2.22 bits per heavy atom. The van der Waals surface area contributed by atoms with Gasteiger partial charge in [0.05, 0.1) is 11.1 Å². The Balaban J connectivity index is 2.39. The molecule has 0 radical (unpaired) electrons. The number of pyridine rings is 1. The van der Waals surface area contributed by atoms with E-state index in [1.54, 1.807) is 11.8 Å². The maximum atomic E-state index is 9.19. The van der Waals surface area contributed by atoms with Gasteiger partial charge >= 0.3 is 0 Å². The van der Waals surface area contributed by atoms with Crippen molar-refractivity contribution in [3.63, 3.8) is 0 Å². The molecule has 1 aromatic carbocycles. The van der Waals surface area contributed by atoms with Crippen LogP contribution < -0.4 is 5.32 Å². The van der Waals surface area contributed by atoms with E-state index in [0.717, 1.165) is 16.7 Å². The molecular formula is C14H15N3S. The summed E-state index contributed by atoms with van der Waals surface area (Å²) in [5.41, 5.74) is 1.51. The van der Waals surface area contributed by atoms with Gasteiger partial charge in [-0.3, -0.25) is 0 Å². The second kappa shape index (κ2) is 5.74. The van der Waals surface area contributed by atoms with Crippen LogP contribution in [0.2, 0.25) is 0 Å². The zero-order valence-electron chi connectivity index (χ0n) is 10.5. The molecule has 92 valence electrons. The molecule has 4 heteroatoms. The Bertz CT molecular complexity index is 589. The summed E-state index contributed by atoms with van der Waals surface area (Å²) in [6.45, 7) is 2.09. The number of aromatic nitrogens is 1. The molecule has 0 aliphatic rings. The number of benzene rings is 1. The van der Waals surface area contributed by atoms with Crippen molar-refractivity contribution in [1.29, 1.82) is 5.26 Å². The summed E-state index contributed by atoms with van der Waals surface area (Å²) in [6.07, 6.45) is 2.07. The molecule has 2 aromatic rings. The van der Waals surface area contributed by atoms with Crippen LogP contribution in [0.1, 0.15) is 12.5 Å². The highest BCUT2D eigenvalue weighted by Gasteiger charge is 2.09. The zero-order valence-corrected chi connectivity index (χ0v) is 11.3. The number of anilines is 1. The van der Waals surface area contributed by atoms with Crippen LogP contribution in [0.3, 0.4) is 0 Å². The van der Waals surface area contributed by atoms with Crippen LogP contribution in [-0.2, 0) is 0 Å². The smallest absolute Gasteiger partial charge is 0.144 e. The fourth-order valence-corrected chi connectivity index (χ4v) is 2.42. The maximum absolute atomic E-state index is 9.19. The van der Waals surface area contributed by atoms with Crippen molar-refractivity contribution >= 4 is 28.5 Å². The van der Waals surface area contributed by atoms with E-state index in [-0.39, 0.29) is 0 Å². The molecule has 0 aliphatic heterocycles. The summed E-state index contributed by atoms with van der Waals surface area (Å²) < 4.78 is 0. The van der Waals surface area contributed by atoms with Crippen molar-refractivity contribution in [2.75, 3.05) is 17.3 Å². The number of nitriles is 1. The molecule has 2 rings (SSSR count). The Hall–Kier alpha value is -1.73. The van der Waals surface area contributed by atoms with Crippen molar-refractivity contribution in [3.05, 3.63) is 35.9 Å². The summed E-state index contributed by atoms with van der Waals surface area (Å²) in [5.74, 6) is 1.66. The molecule has 1 aromatic heterocycles. The van der Waals surface area contributed by atoms with Crippen LogP contribution in [0.25, 0.3) is 10.9 Å². The number of nitrogens with zero attached hydrogens (tertiary/aromatic N) is 2. The molecule has 1 N–H and O–H groups in total.